The average molecular weight is 330 g/mol. The predicted octanol–water partition coefficient (Wildman–Crippen LogP) is 4.79. The van der Waals surface area contributed by atoms with Crippen molar-refractivity contribution >= 4 is 15.9 Å². The lowest BCUT2D eigenvalue weighted by molar-refractivity contribution is 0.288. The van der Waals surface area contributed by atoms with Crippen LogP contribution >= 0.6 is 15.9 Å². The van der Waals surface area contributed by atoms with Crippen LogP contribution in [0.1, 0.15) is 35.4 Å². The van der Waals surface area contributed by atoms with Gasteiger partial charge < -0.3 is 5.32 Å². The first-order valence-electron chi connectivity index (χ1n) is 7.26. The van der Waals surface area contributed by atoms with E-state index >= 15 is 0 Å². The van der Waals surface area contributed by atoms with E-state index in [4.69, 9.17) is 0 Å². The zero-order valence-corrected chi connectivity index (χ0v) is 13.4. The van der Waals surface area contributed by atoms with Gasteiger partial charge in [0.2, 0.25) is 0 Å². The van der Waals surface area contributed by atoms with E-state index in [0.717, 1.165) is 12.5 Å². The third-order valence-corrected chi connectivity index (χ3v) is 5.08. The SMILES string of the molecule is Cc1ccccc1C1CC(NCc2ccccc2Br)C1. The monoisotopic (exact) mass is 329 g/mol. The Morgan fingerprint density at radius 1 is 1.05 bits per heavy atom. The van der Waals surface area contributed by atoms with Crippen molar-refractivity contribution in [3.8, 4) is 0 Å². The quantitative estimate of drug-likeness (QED) is 0.850. The Bertz CT molecular complexity index is 585. The molecular formula is C18H20BrN. The van der Waals surface area contributed by atoms with Crippen molar-refractivity contribution in [2.75, 3.05) is 0 Å². The fourth-order valence-electron chi connectivity index (χ4n) is 2.98. The Labute approximate surface area is 129 Å². The average Bonchev–Trinajstić information content (AvgIpc) is 2.41. The van der Waals surface area contributed by atoms with Gasteiger partial charge in [0.25, 0.3) is 0 Å². The number of rotatable bonds is 4. The molecule has 1 nitrogen and oxygen atoms in total. The number of benzene rings is 2. The summed E-state index contributed by atoms with van der Waals surface area (Å²) in [7, 11) is 0. The van der Waals surface area contributed by atoms with Gasteiger partial charge in [0.15, 0.2) is 0 Å². The Hall–Kier alpha value is -1.12. The summed E-state index contributed by atoms with van der Waals surface area (Å²) < 4.78 is 1.20. The summed E-state index contributed by atoms with van der Waals surface area (Å²) in [6, 6.07) is 17.9. The minimum Gasteiger partial charge on any atom is -0.310 e. The first kappa shape index (κ1) is 13.8. The van der Waals surface area contributed by atoms with E-state index in [1.54, 1.807) is 0 Å². The van der Waals surface area contributed by atoms with Crippen LogP contribution in [0.4, 0.5) is 0 Å². The van der Waals surface area contributed by atoms with E-state index in [0.29, 0.717) is 6.04 Å². The molecule has 0 amide bonds. The molecule has 0 saturated heterocycles. The molecule has 104 valence electrons. The highest BCUT2D eigenvalue weighted by atomic mass is 79.9. The molecule has 1 saturated carbocycles. The number of hydrogen-bond donors (Lipinski definition) is 1. The Kier molecular flexibility index (Phi) is 4.23. The van der Waals surface area contributed by atoms with Gasteiger partial charge in [0.1, 0.15) is 0 Å². The van der Waals surface area contributed by atoms with E-state index < -0.39 is 0 Å². The molecule has 3 rings (SSSR count). The molecule has 20 heavy (non-hydrogen) atoms. The molecule has 1 aliphatic carbocycles. The smallest absolute Gasteiger partial charge is 0.0220 e. The third-order valence-electron chi connectivity index (χ3n) is 4.31. The molecule has 1 N–H and O–H groups in total. The molecular weight excluding hydrogens is 310 g/mol. The van der Waals surface area contributed by atoms with Gasteiger partial charge in [-0.25, -0.2) is 0 Å². The first-order chi connectivity index (χ1) is 9.74. The minimum atomic E-state index is 0.659. The highest BCUT2D eigenvalue weighted by Gasteiger charge is 2.30. The molecule has 0 radical (unpaired) electrons. The van der Waals surface area contributed by atoms with Crippen LogP contribution in [0.2, 0.25) is 0 Å². The van der Waals surface area contributed by atoms with E-state index in [1.807, 2.05) is 0 Å². The molecule has 0 bridgehead atoms. The predicted molar refractivity (Wildman–Crippen MR) is 87.9 cm³/mol. The summed E-state index contributed by atoms with van der Waals surface area (Å²) >= 11 is 3.60. The maximum atomic E-state index is 3.67. The second-order valence-corrected chi connectivity index (χ2v) is 6.55. The Morgan fingerprint density at radius 3 is 2.50 bits per heavy atom. The maximum Gasteiger partial charge on any atom is 0.0220 e. The fraction of sp³-hybridized carbons (Fsp3) is 0.333. The van der Waals surface area contributed by atoms with Gasteiger partial charge in [0, 0.05) is 17.1 Å². The van der Waals surface area contributed by atoms with Gasteiger partial charge in [0.05, 0.1) is 0 Å². The summed E-state index contributed by atoms with van der Waals surface area (Å²) in [5, 5.41) is 3.67. The topological polar surface area (TPSA) is 12.0 Å². The van der Waals surface area contributed by atoms with E-state index in [1.165, 1.54) is 34.0 Å². The lowest BCUT2D eigenvalue weighted by Gasteiger charge is -2.37. The Morgan fingerprint density at radius 2 is 1.75 bits per heavy atom. The molecule has 0 unspecified atom stereocenters. The second-order valence-electron chi connectivity index (χ2n) is 5.69. The summed E-state index contributed by atoms with van der Waals surface area (Å²) in [5.41, 5.74) is 4.31. The summed E-state index contributed by atoms with van der Waals surface area (Å²) in [6.45, 7) is 3.17. The van der Waals surface area contributed by atoms with Crippen molar-refractivity contribution in [3.05, 3.63) is 69.7 Å². The van der Waals surface area contributed by atoms with Crippen LogP contribution in [0, 0.1) is 6.92 Å². The Balaban J connectivity index is 1.52. The molecule has 0 atom stereocenters. The van der Waals surface area contributed by atoms with Gasteiger partial charge in [-0.3, -0.25) is 0 Å². The molecule has 2 aromatic rings. The highest BCUT2D eigenvalue weighted by Crippen LogP contribution is 2.38. The number of nitrogens with one attached hydrogen (secondary N) is 1. The van der Waals surface area contributed by atoms with E-state index in [9.17, 15) is 0 Å². The van der Waals surface area contributed by atoms with Crippen molar-refractivity contribution < 1.29 is 0 Å². The maximum absolute atomic E-state index is 3.67. The van der Waals surface area contributed by atoms with Crippen LogP contribution in [-0.4, -0.2) is 6.04 Å². The van der Waals surface area contributed by atoms with Gasteiger partial charge in [-0.1, -0.05) is 58.4 Å². The van der Waals surface area contributed by atoms with Crippen molar-refractivity contribution in [2.45, 2.75) is 38.3 Å². The van der Waals surface area contributed by atoms with E-state index in [-0.39, 0.29) is 0 Å². The molecule has 0 aromatic heterocycles. The van der Waals surface area contributed by atoms with Crippen molar-refractivity contribution in [1.82, 2.24) is 5.32 Å². The number of halogens is 1. The standard InChI is InChI=1S/C18H20BrN/c1-13-6-2-4-8-17(13)15-10-16(11-15)20-12-14-7-3-5-9-18(14)19/h2-9,15-16,20H,10-12H2,1H3. The third kappa shape index (κ3) is 2.97. The van der Waals surface area contributed by atoms with Crippen molar-refractivity contribution in [3.63, 3.8) is 0 Å². The van der Waals surface area contributed by atoms with Crippen LogP contribution in [0.5, 0.6) is 0 Å². The molecule has 0 aliphatic heterocycles. The van der Waals surface area contributed by atoms with Gasteiger partial charge in [-0.15, -0.1) is 0 Å². The van der Waals surface area contributed by atoms with Crippen LogP contribution in [0.3, 0.4) is 0 Å². The van der Waals surface area contributed by atoms with E-state index in [2.05, 4.69) is 76.7 Å². The highest BCUT2D eigenvalue weighted by molar-refractivity contribution is 9.10. The number of aryl methyl sites for hydroxylation is 1. The van der Waals surface area contributed by atoms with Crippen molar-refractivity contribution in [1.29, 1.82) is 0 Å². The van der Waals surface area contributed by atoms with Crippen molar-refractivity contribution in [2.24, 2.45) is 0 Å². The molecule has 0 heterocycles. The molecule has 1 aliphatic rings. The lowest BCUT2D eigenvalue weighted by atomic mass is 9.74. The number of hydrogen-bond acceptors (Lipinski definition) is 1. The lowest BCUT2D eigenvalue weighted by Crippen LogP contribution is -2.39. The van der Waals surface area contributed by atoms with Crippen LogP contribution < -0.4 is 5.32 Å². The van der Waals surface area contributed by atoms with Crippen LogP contribution in [-0.2, 0) is 6.54 Å². The normalized spacial score (nSPS) is 21.5. The summed E-state index contributed by atoms with van der Waals surface area (Å²) in [5.74, 6) is 0.743. The van der Waals surface area contributed by atoms with Crippen LogP contribution in [0.15, 0.2) is 53.0 Å². The fourth-order valence-corrected chi connectivity index (χ4v) is 3.40. The second kappa shape index (κ2) is 6.11. The first-order valence-corrected chi connectivity index (χ1v) is 8.05. The largest absolute Gasteiger partial charge is 0.310 e. The molecule has 2 heteroatoms. The summed E-state index contributed by atoms with van der Waals surface area (Å²) in [4.78, 5) is 0. The van der Waals surface area contributed by atoms with Gasteiger partial charge in [-0.05, 0) is 48.4 Å². The van der Waals surface area contributed by atoms with Gasteiger partial charge in [-0.2, -0.15) is 0 Å². The van der Waals surface area contributed by atoms with Crippen LogP contribution in [0.25, 0.3) is 0 Å². The molecule has 1 fully saturated rings. The summed E-state index contributed by atoms with van der Waals surface area (Å²) in [6.07, 6.45) is 2.52. The molecule has 0 spiro atoms. The van der Waals surface area contributed by atoms with Gasteiger partial charge >= 0.3 is 0 Å². The molecule has 2 aromatic carbocycles. The minimum absolute atomic E-state index is 0.659. The zero-order chi connectivity index (χ0) is 13.9. The zero-order valence-electron chi connectivity index (χ0n) is 11.8.